The smallest absolute Gasteiger partial charge is 0.449 e. The molecule has 1 aromatic rings. The van der Waals surface area contributed by atoms with Crippen molar-refractivity contribution in [3.63, 3.8) is 0 Å². The van der Waals surface area contributed by atoms with Gasteiger partial charge in [-0.15, -0.1) is 0 Å². The lowest BCUT2D eigenvalue weighted by atomic mass is 10.1. The number of carbonyl (C=O) groups is 1. The van der Waals surface area contributed by atoms with Crippen LogP contribution in [0.25, 0.3) is 0 Å². The molecule has 0 N–H and O–H groups in total. The molecule has 0 aliphatic heterocycles. The molecule has 0 atom stereocenters. The molecule has 4 nitrogen and oxygen atoms in total. The van der Waals surface area contributed by atoms with E-state index in [1.165, 1.54) is 71.3 Å². The topological polar surface area (TPSA) is 38.8 Å². The molecule has 0 amide bonds. The van der Waals surface area contributed by atoms with E-state index in [1.807, 2.05) is 0 Å². The van der Waals surface area contributed by atoms with Crippen LogP contribution in [-0.2, 0) is 11.2 Å². The standard InChI is InChI=1S/C26H42F3NO3/c1-4-5-6-7-8-9-10-11-12-13-18-30(2)19-20-33-23-16-14-22(24(21-23)32-3)15-17-25(31)26(27,28)29/h14,16,21H,4-13,15,17-20H2,1-3H3. The van der Waals surface area contributed by atoms with Gasteiger partial charge in [0, 0.05) is 19.0 Å². The zero-order valence-corrected chi connectivity index (χ0v) is 20.6. The van der Waals surface area contributed by atoms with Gasteiger partial charge in [0.25, 0.3) is 0 Å². The minimum Gasteiger partial charge on any atom is -0.496 e. The quantitative estimate of drug-likeness (QED) is 0.203. The Morgan fingerprint density at radius 3 is 2.12 bits per heavy atom. The average Bonchev–Trinajstić information content (AvgIpc) is 2.78. The number of alkyl halides is 3. The van der Waals surface area contributed by atoms with Gasteiger partial charge in [-0.05, 0) is 38.1 Å². The Hall–Kier alpha value is -1.76. The highest BCUT2D eigenvalue weighted by Crippen LogP contribution is 2.27. The number of Topliss-reactive ketones (excluding diaryl/α,β-unsaturated/α-hetero) is 1. The Morgan fingerprint density at radius 2 is 1.55 bits per heavy atom. The molecule has 0 fully saturated rings. The van der Waals surface area contributed by atoms with Gasteiger partial charge in [-0.1, -0.05) is 70.8 Å². The van der Waals surface area contributed by atoms with Gasteiger partial charge in [0.1, 0.15) is 18.1 Å². The first-order chi connectivity index (χ1) is 15.8. The summed E-state index contributed by atoms with van der Waals surface area (Å²) in [6.07, 6.45) is 7.82. The summed E-state index contributed by atoms with van der Waals surface area (Å²) in [6, 6.07) is 5.03. The number of hydrogen-bond donors (Lipinski definition) is 0. The Morgan fingerprint density at radius 1 is 0.939 bits per heavy atom. The van der Waals surface area contributed by atoms with Crippen LogP contribution in [0.15, 0.2) is 18.2 Å². The molecular weight excluding hydrogens is 431 g/mol. The van der Waals surface area contributed by atoms with E-state index < -0.39 is 18.4 Å². The van der Waals surface area contributed by atoms with Crippen LogP contribution in [0, 0.1) is 0 Å². The van der Waals surface area contributed by atoms with Crippen LogP contribution in [0.3, 0.4) is 0 Å². The Bertz CT molecular complexity index is 665. The number of methoxy groups -OCH3 is 1. The summed E-state index contributed by atoms with van der Waals surface area (Å²) in [6.45, 7) is 4.59. The molecule has 0 saturated heterocycles. The zero-order chi connectivity index (χ0) is 24.5. The lowest BCUT2D eigenvalue weighted by molar-refractivity contribution is -0.171. The molecule has 1 aromatic carbocycles. The molecule has 190 valence electrons. The third kappa shape index (κ3) is 13.5. The fourth-order valence-corrected chi connectivity index (χ4v) is 3.71. The van der Waals surface area contributed by atoms with E-state index in [0.29, 0.717) is 23.7 Å². The second-order valence-electron chi connectivity index (χ2n) is 8.73. The first kappa shape index (κ1) is 29.3. The molecule has 0 aliphatic carbocycles. The number of unbranched alkanes of at least 4 members (excludes halogenated alkanes) is 9. The normalized spacial score (nSPS) is 11.7. The Kier molecular flexibility index (Phi) is 14.9. The van der Waals surface area contributed by atoms with Gasteiger partial charge in [0.05, 0.1) is 7.11 Å². The molecule has 33 heavy (non-hydrogen) atoms. The Labute approximate surface area is 197 Å². The van der Waals surface area contributed by atoms with Crippen LogP contribution in [0.2, 0.25) is 0 Å². The maximum absolute atomic E-state index is 12.4. The van der Waals surface area contributed by atoms with E-state index in [9.17, 15) is 18.0 Å². The van der Waals surface area contributed by atoms with Crippen LogP contribution in [0.5, 0.6) is 11.5 Å². The number of hydrogen-bond acceptors (Lipinski definition) is 4. The number of halogens is 3. The monoisotopic (exact) mass is 473 g/mol. The molecule has 0 spiro atoms. The minimum atomic E-state index is -4.80. The lowest BCUT2D eigenvalue weighted by Gasteiger charge is -2.17. The summed E-state index contributed by atoms with van der Waals surface area (Å²) in [7, 11) is 3.53. The molecule has 0 saturated carbocycles. The molecule has 1 rings (SSSR count). The van der Waals surface area contributed by atoms with E-state index in [0.717, 1.165) is 13.1 Å². The van der Waals surface area contributed by atoms with Crippen molar-refractivity contribution < 1.29 is 27.4 Å². The molecule has 0 bridgehead atoms. The van der Waals surface area contributed by atoms with Crippen molar-refractivity contribution in [1.82, 2.24) is 4.90 Å². The number of ketones is 1. The van der Waals surface area contributed by atoms with Crippen molar-refractivity contribution in [2.75, 3.05) is 33.9 Å². The highest BCUT2D eigenvalue weighted by molar-refractivity contribution is 5.84. The molecule has 0 heterocycles. The van der Waals surface area contributed by atoms with Crippen molar-refractivity contribution in [2.24, 2.45) is 0 Å². The van der Waals surface area contributed by atoms with Gasteiger partial charge in [-0.2, -0.15) is 13.2 Å². The van der Waals surface area contributed by atoms with E-state index in [2.05, 4.69) is 18.9 Å². The van der Waals surface area contributed by atoms with Crippen molar-refractivity contribution in [3.05, 3.63) is 23.8 Å². The number of ether oxygens (including phenoxy) is 2. The van der Waals surface area contributed by atoms with Crippen LogP contribution in [0.4, 0.5) is 13.2 Å². The maximum Gasteiger partial charge on any atom is 0.449 e. The van der Waals surface area contributed by atoms with Gasteiger partial charge in [-0.3, -0.25) is 4.79 Å². The van der Waals surface area contributed by atoms with E-state index >= 15 is 0 Å². The van der Waals surface area contributed by atoms with Gasteiger partial charge >= 0.3 is 6.18 Å². The van der Waals surface area contributed by atoms with E-state index in [-0.39, 0.29) is 6.42 Å². The van der Waals surface area contributed by atoms with Crippen molar-refractivity contribution in [3.8, 4) is 11.5 Å². The number of carbonyl (C=O) groups excluding carboxylic acids is 1. The number of nitrogens with zero attached hydrogens (tertiary/aromatic N) is 1. The van der Waals surface area contributed by atoms with Crippen LogP contribution >= 0.6 is 0 Å². The van der Waals surface area contributed by atoms with E-state index in [1.54, 1.807) is 18.2 Å². The van der Waals surface area contributed by atoms with Crippen molar-refractivity contribution in [2.45, 2.75) is 90.1 Å². The summed E-state index contributed by atoms with van der Waals surface area (Å²) in [4.78, 5) is 13.3. The summed E-state index contributed by atoms with van der Waals surface area (Å²) >= 11 is 0. The Balaban J connectivity index is 2.21. The number of aryl methyl sites for hydroxylation is 1. The second-order valence-corrected chi connectivity index (χ2v) is 8.73. The fraction of sp³-hybridized carbons (Fsp3) is 0.731. The fourth-order valence-electron chi connectivity index (χ4n) is 3.71. The first-order valence-electron chi connectivity index (χ1n) is 12.4. The van der Waals surface area contributed by atoms with Crippen molar-refractivity contribution in [1.29, 1.82) is 0 Å². The van der Waals surface area contributed by atoms with Gasteiger partial charge in [0.2, 0.25) is 5.78 Å². The molecule has 7 heteroatoms. The molecular formula is C26H42F3NO3. The lowest BCUT2D eigenvalue weighted by Crippen LogP contribution is -2.25. The molecule has 0 aromatic heterocycles. The van der Waals surface area contributed by atoms with Crippen molar-refractivity contribution >= 4 is 5.78 Å². The summed E-state index contributed by atoms with van der Waals surface area (Å²) < 4.78 is 48.2. The predicted octanol–water partition coefficient (Wildman–Crippen LogP) is 6.99. The molecule has 0 radical (unpaired) electrons. The third-order valence-electron chi connectivity index (χ3n) is 5.83. The maximum atomic E-state index is 12.4. The van der Waals surface area contributed by atoms with Crippen LogP contribution in [0.1, 0.15) is 83.1 Å². The zero-order valence-electron chi connectivity index (χ0n) is 20.6. The highest BCUT2D eigenvalue weighted by atomic mass is 19.4. The summed E-state index contributed by atoms with van der Waals surface area (Å²) in [5, 5.41) is 0. The second kappa shape index (κ2) is 16.8. The number of likely N-dealkylation sites (N-methyl/N-ethyl adjacent to an activating group) is 1. The predicted molar refractivity (Wildman–Crippen MR) is 127 cm³/mol. The number of benzene rings is 1. The summed E-state index contributed by atoms with van der Waals surface area (Å²) in [5.41, 5.74) is 0.556. The number of rotatable bonds is 19. The largest absolute Gasteiger partial charge is 0.496 e. The van der Waals surface area contributed by atoms with Crippen LogP contribution in [-0.4, -0.2) is 50.7 Å². The average molecular weight is 474 g/mol. The van der Waals surface area contributed by atoms with Crippen LogP contribution < -0.4 is 9.47 Å². The minimum absolute atomic E-state index is 0.0244. The summed E-state index contributed by atoms with van der Waals surface area (Å²) in [5.74, 6) is -0.693. The SMILES string of the molecule is CCCCCCCCCCCCN(C)CCOc1ccc(CCC(=O)C(F)(F)F)c(OC)c1. The molecule has 0 aliphatic rings. The first-order valence-corrected chi connectivity index (χ1v) is 12.4. The third-order valence-corrected chi connectivity index (χ3v) is 5.83. The highest BCUT2D eigenvalue weighted by Gasteiger charge is 2.37. The van der Waals surface area contributed by atoms with Gasteiger partial charge in [0.15, 0.2) is 0 Å². The van der Waals surface area contributed by atoms with Gasteiger partial charge < -0.3 is 14.4 Å². The van der Waals surface area contributed by atoms with E-state index in [4.69, 9.17) is 9.47 Å². The van der Waals surface area contributed by atoms with Gasteiger partial charge in [-0.25, -0.2) is 0 Å². The molecule has 0 unspecified atom stereocenters.